The summed E-state index contributed by atoms with van der Waals surface area (Å²) < 4.78 is 3.55. The highest BCUT2D eigenvalue weighted by atomic mass is 16.1. The molecule has 3 aromatic rings. The standard InChI is InChI=1S/C14H16N6O/c1-10-3-4-13-16-12(9-19(13)7-10)14(21)15-5-6-20-8-11(2)17-18-20/h3-4,7-9H,5-6H2,1-2H3,(H,15,21). The first-order chi connectivity index (χ1) is 10.1. The largest absolute Gasteiger partial charge is 0.349 e. The number of imidazole rings is 1. The number of rotatable bonds is 4. The number of pyridine rings is 1. The van der Waals surface area contributed by atoms with Gasteiger partial charge >= 0.3 is 0 Å². The minimum Gasteiger partial charge on any atom is -0.349 e. The second-order valence-corrected chi connectivity index (χ2v) is 4.98. The molecule has 0 unspecified atom stereocenters. The smallest absolute Gasteiger partial charge is 0.271 e. The number of hydrogen-bond acceptors (Lipinski definition) is 4. The molecule has 7 nitrogen and oxygen atoms in total. The average Bonchev–Trinajstić information content (AvgIpc) is 3.04. The molecule has 0 bridgehead atoms. The number of carbonyl (C=O) groups is 1. The van der Waals surface area contributed by atoms with Gasteiger partial charge in [-0.05, 0) is 25.5 Å². The summed E-state index contributed by atoms with van der Waals surface area (Å²) >= 11 is 0. The van der Waals surface area contributed by atoms with Gasteiger partial charge < -0.3 is 9.72 Å². The van der Waals surface area contributed by atoms with Crippen LogP contribution in [0.4, 0.5) is 0 Å². The highest BCUT2D eigenvalue weighted by Gasteiger charge is 2.10. The van der Waals surface area contributed by atoms with Gasteiger partial charge in [0.05, 0.1) is 12.2 Å². The van der Waals surface area contributed by atoms with Crippen molar-refractivity contribution in [2.24, 2.45) is 0 Å². The van der Waals surface area contributed by atoms with E-state index in [0.29, 0.717) is 18.8 Å². The van der Waals surface area contributed by atoms with Crippen LogP contribution in [0.5, 0.6) is 0 Å². The van der Waals surface area contributed by atoms with E-state index in [-0.39, 0.29) is 5.91 Å². The van der Waals surface area contributed by atoms with Crippen LogP contribution < -0.4 is 5.32 Å². The van der Waals surface area contributed by atoms with E-state index in [4.69, 9.17) is 0 Å². The van der Waals surface area contributed by atoms with E-state index < -0.39 is 0 Å². The van der Waals surface area contributed by atoms with Crippen molar-refractivity contribution in [3.63, 3.8) is 0 Å². The van der Waals surface area contributed by atoms with Crippen molar-refractivity contribution in [3.05, 3.63) is 47.7 Å². The van der Waals surface area contributed by atoms with Gasteiger partial charge in [0.15, 0.2) is 0 Å². The van der Waals surface area contributed by atoms with Crippen LogP contribution in [0.15, 0.2) is 30.7 Å². The molecule has 0 spiro atoms. The van der Waals surface area contributed by atoms with Gasteiger partial charge in [0.1, 0.15) is 11.3 Å². The molecule has 1 amide bonds. The quantitative estimate of drug-likeness (QED) is 0.774. The molecule has 0 saturated heterocycles. The molecule has 108 valence electrons. The summed E-state index contributed by atoms with van der Waals surface area (Å²) in [6.45, 7) is 4.94. The first-order valence-corrected chi connectivity index (χ1v) is 6.72. The molecule has 0 saturated carbocycles. The van der Waals surface area contributed by atoms with Gasteiger partial charge in [-0.3, -0.25) is 9.48 Å². The van der Waals surface area contributed by atoms with Crippen LogP contribution in [0.2, 0.25) is 0 Å². The van der Waals surface area contributed by atoms with Crippen LogP contribution in [-0.2, 0) is 6.54 Å². The SMILES string of the molecule is Cc1ccc2nc(C(=O)NCCn3cc(C)nn3)cn2c1. The molecule has 0 radical (unpaired) electrons. The summed E-state index contributed by atoms with van der Waals surface area (Å²) in [7, 11) is 0. The molecular formula is C14H16N6O. The third-order valence-corrected chi connectivity index (χ3v) is 3.11. The van der Waals surface area contributed by atoms with Gasteiger partial charge in [-0.1, -0.05) is 11.3 Å². The Balaban J connectivity index is 1.63. The Morgan fingerprint density at radius 3 is 2.86 bits per heavy atom. The Bertz CT molecular complexity index is 788. The van der Waals surface area contributed by atoms with Crippen LogP contribution >= 0.6 is 0 Å². The molecule has 1 N–H and O–H groups in total. The lowest BCUT2D eigenvalue weighted by atomic mass is 10.3. The maximum Gasteiger partial charge on any atom is 0.271 e. The molecular weight excluding hydrogens is 268 g/mol. The fourth-order valence-corrected chi connectivity index (χ4v) is 2.09. The first kappa shape index (κ1) is 13.3. The Morgan fingerprint density at radius 1 is 1.24 bits per heavy atom. The van der Waals surface area contributed by atoms with E-state index in [0.717, 1.165) is 16.9 Å². The highest BCUT2D eigenvalue weighted by Crippen LogP contribution is 2.07. The molecule has 0 aliphatic heterocycles. The van der Waals surface area contributed by atoms with E-state index in [1.807, 2.05) is 42.8 Å². The molecule has 0 aliphatic carbocycles. The van der Waals surface area contributed by atoms with Gasteiger partial charge in [0.25, 0.3) is 5.91 Å². The number of hydrogen-bond donors (Lipinski definition) is 1. The van der Waals surface area contributed by atoms with Crippen molar-refractivity contribution in [1.29, 1.82) is 0 Å². The molecule has 7 heteroatoms. The van der Waals surface area contributed by atoms with Crippen LogP contribution in [0.1, 0.15) is 21.7 Å². The predicted molar refractivity (Wildman–Crippen MR) is 77.0 cm³/mol. The van der Waals surface area contributed by atoms with E-state index in [9.17, 15) is 4.79 Å². The number of aryl methyl sites for hydroxylation is 2. The molecule has 0 fully saturated rings. The zero-order valence-corrected chi connectivity index (χ0v) is 11.9. The van der Waals surface area contributed by atoms with E-state index in [1.165, 1.54) is 0 Å². The molecule has 3 rings (SSSR count). The normalized spacial score (nSPS) is 11.0. The molecule has 21 heavy (non-hydrogen) atoms. The van der Waals surface area contributed by atoms with Crippen LogP contribution in [0.3, 0.4) is 0 Å². The number of amides is 1. The van der Waals surface area contributed by atoms with Crippen molar-refractivity contribution in [2.75, 3.05) is 6.54 Å². The molecule has 3 aromatic heterocycles. The predicted octanol–water partition coefficient (Wildman–Crippen LogP) is 0.973. The Labute approximate surface area is 121 Å². The van der Waals surface area contributed by atoms with E-state index in [1.54, 1.807) is 10.9 Å². The number of carbonyl (C=O) groups excluding carboxylic acids is 1. The summed E-state index contributed by atoms with van der Waals surface area (Å²) in [5.74, 6) is -0.187. The van der Waals surface area contributed by atoms with Crippen molar-refractivity contribution in [3.8, 4) is 0 Å². The number of aromatic nitrogens is 5. The zero-order valence-electron chi connectivity index (χ0n) is 11.9. The second kappa shape index (κ2) is 5.35. The lowest BCUT2D eigenvalue weighted by Gasteiger charge is -2.02. The Kier molecular flexibility index (Phi) is 3.39. The van der Waals surface area contributed by atoms with Crippen molar-refractivity contribution < 1.29 is 4.79 Å². The number of nitrogens with one attached hydrogen (secondary N) is 1. The fourth-order valence-electron chi connectivity index (χ4n) is 2.09. The molecule has 3 heterocycles. The minimum absolute atomic E-state index is 0.187. The molecule has 0 aromatic carbocycles. The van der Waals surface area contributed by atoms with E-state index >= 15 is 0 Å². The lowest BCUT2D eigenvalue weighted by Crippen LogP contribution is -2.27. The van der Waals surface area contributed by atoms with Crippen LogP contribution in [-0.4, -0.2) is 36.8 Å². The average molecular weight is 284 g/mol. The van der Waals surface area contributed by atoms with Gasteiger partial charge in [-0.15, -0.1) is 5.10 Å². The highest BCUT2D eigenvalue weighted by molar-refractivity contribution is 5.92. The lowest BCUT2D eigenvalue weighted by molar-refractivity contribution is 0.0947. The summed E-state index contributed by atoms with van der Waals surface area (Å²) in [5, 5.41) is 10.6. The van der Waals surface area contributed by atoms with Crippen molar-refractivity contribution in [2.45, 2.75) is 20.4 Å². The topological polar surface area (TPSA) is 77.1 Å². The molecule has 0 aliphatic rings. The maximum absolute atomic E-state index is 12.1. The van der Waals surface area contributed by atoms with Crippen LogP contribution in [0.25, 0.3) is 5.65 Å². The summed E-state index contributed by atoms with van der Waals surface area (Å²) in [6.07, 6.45) is 5.51. The van der Waals surface area contributed by atoms with Crippen molar-refractivity contribution in [1.82, 2.24) is 29.7 Å². The summed E-state index contributed by atoms with van der Waals surface area (Å²) in [6, 6.07) is 3.86. The van der Waals surface area contributed by atoms with Crippen LogP contribution in [0, 0.1) is 13.8 Å². The summed E-state index contributed by atoms with van der Waals surface area (Å²) in [5.41, 5.74) is 3.15. The van der Waals surface area contributed by atoms with Gasteiger partial charge in [-0.25, -0.2) is 4.98 Å². The fraction of sp³-hybridized carbons (Fsp3) is 0.286. The minimum atomic E-state index is -0.187. The third-order valence-electron chi connectivity index (χ3n) is 3.11. The number of nitrogens with zero attached hydrogens (tertiary/aromatic N) is 5. The molecule has 0 atom stereocenters. The second-order valence-electron chi connectivity index (χ2n) is 4.98. The van der Waals surface area contributed by atoms with E-state index in [2.05, 4.69) is 20.6 Å². The summed E-state index contributed by atoms with van der Waals surface area (Å²) in [4.78, 5) is 16.4. The Morgan fingerprint density at radius 2 is 2.10 bits per heavy atom. The van der Waals surface area contributed by atoms with Gasteiger partial charge in [0, 0.05) is 25.1 Å². The van der Waals surface area contributed by atoms with Gasteiger partial charge in [-0.2, -0.15) is 0 Å². The van der Waals surface area contributed by atoms with Crippen molar-refractivity contribution >= 4 is 11.6 Å². The Hall–Kier alpha value is -2.70. The third kappa shape index (κ3) is 2.91. The van der Waals surface area contributed by atoms with Gasteiger partial charge in [0.2, 0.25) is 0 Å². The maximum atomic E-state index is 12.1. The first-order valence-electron chi connectivity index (χ1n) is 6.72. The monoisotopic (exact) mass is 284 g/mol. The number of fused-ring (bicyclic) bond motifs is 1. The zero-order chi connectivity index (χ0) is 14.8.